The third-order valence-corrected chi connectivity index (χ3v) is 3.90. The summed E-state index contributed by atoms with van der Waals surface area (Å²) < 4.78 is 5.46. The molecule has 1 rings (SSSR count). The van der Waals surface area contributed by atoms with Crippen molar-refractivity contribution >= 4 is 6.09 Å². The van der Waals surface area contributed by atoms with Crippen molar-refractivity contribution < 1.29 is 9.53 Å². The van der Waals surface area contributed by atoms with E-state index in [9.17, 15) is 4.79 Å². The van der Waals surface area contributed by atoms with E-state index in [1.165, 1.54) is 6.42 Å². The maximum atomic E-state index is 12.1. The van der Waals surface area contributed by atoms with Crippen molar-refractivity contribution in [3.05, 3.63) is 0 Å². The zero-order valence-corrected chi connectivity index (χ0v) is 14.0. The fraction of sp³-hybridized carbons (Fsp3) is 0.938. The predicted molar refractivity (Wildman–Crippen MR) is 82.8 cm³/mol. The molecule has 0 aromatic carbocycles. The highest BCUT2D eigenvalue weighted by Gasteiger charge is 2.27. The summed E-state index contributed by atoms with van der Waals surface area (Å²) in [7, 11) is 0. The molecule has 0 aliphatic carbocycles. The first kappa shape index (κ1) is 17.3. The minimum atomic E-state index is -0.408. The summed E-state index contributed by atoms with van der Waals surface area (Å²) in [4.78, 5) is 14.0. The predicted octanol–water partition coefficient (Wildman–Crippen LogP) is 3.27. The second-order valence-corrected chi connectivity index (χ2v) is 7.38. The third kappa shape index (κ3) is 6.12. The smallest absolute Gasteiger partial charge is 0.410 e. The van der Waals surface area contributed by atoms with Crippen LogP contribution in [0.1, 0.15) is 54.4 Å². The molecule has 118 valence electrons. The first-order chi connectivity index (χ1) is 9.19. The highest BCUT2D eigenvalue weighted by atomic mass is 16.6. The van der Waals surface area contributed by atoms with E-state index < -0.39 is 5.60 Å². The SMILES string of the molecule is CC(C)C(C)NCC1CCCN(C(=O)OC(C)(C)C)C1. The van der Waals surface area contributed by atoms with Gasteiger partial charge in [-0.05, 0) is 58.9 Å². The average molecular weight is 284 g/mol. The summed E-state index contributed by atoms with van der Waals surface area (Å²) in [6.07, 6.45) is 2.10. The van der Waals surface area contributed by atoms with Gasteiger partial charge in [0.1, 0.15) is 5.60 Å². The van der Waals surface area contributed by atoms with E-state index in [2.05, 4.69) is 26.1 Å². The summed E-state index contributed by atoms with van der Waals surface area (Å²) in [5, 5.41) is 3.58. The van der Waals surface area contributed by atoms with Gasteiger partial charge in [-0.1, -0.05) is 13.8 Å². The van der Waals surface area contributed by atoms with Crippen LogP contribution in [0.5, 0.6) is 0 Å². The molecular formula is C16H32N2O2. The Hall–Kier alpha value is -0.770. The van der Waals surface area contributed by atoms with E-state index in [-0.39, 0.29) is 6.09 Å². The van der Waals surface area contributed by atoms with Crippen molar-refractivity contribution in [2.75, 3.05) is 19.6 Å². The number of carbonyl (C=O) groups is 1. The highest BCUT2D eigenvalue weighted by Crippen LogP contribution is 2.19. The van der Waals surface area contributed by atoms with Gasteiger partial charge in [0, 0.05) is 19.1 Å². The molecule has 0 radical (unpaired) electrons. The lowest BCUT2D eigenvalue weighted by Crippen LogP contribution is -2.46. The number of likely N-dealkylation sites (tertiary alicyclic amines) is 1. The largest absolute Gasteiger partial charge is 0.444 e. The van der Waals surface area contributed by atoms with Crippen LogP contribution < -0.4 is 5.32 Å². The Kier molecular flexibility index (Phi) is 6.31. The Morgan fingerprint density at radius 3 is 2.55 bits per heavy atom. The second kappa shape index (κ2) is 7.30. The van der Waals surface area contributed by atoms with Crippen molar-refractivity contribution in [3.8, 4) is 0 Å². The van der Waals surface area contributed by atoms with Gasteiger partial charge >= 0.3 is 6.09 Å². The zero-order valence-electron chi connectivity index (χ0n) is 14.0. The van der Waals surface area contributed by atoms with E-state index in [1.54, 1.807) is 0 Å². The molecule has 1 amide bonds. The van der Waals surface area contributed by atoms with E-state index in [1.807, 2.05) is 25.7 Å². The summed E-state index contributed by atoms with van der Waals surface area (Å²) >= 11 is 0. The highest BCUT2D eigenvalue weighted by molar-refractivity contribution is 5.68. The Morgan fingerprint density at radius 1 is 1.35 bits per heavy atom. The van der Waals surface area contributed by atoms with Crippen molar-refractivity contribution in [2.24, 2.45) is 11.8 Å². The summed E-state index contributed by atoms with van der Waals surface area (Å²) in [5.41, 5.74) is -0.408. The fourth-order valence-corrected chi connectivity index (χ4v) is 2.31. The molecule has 0 saturated carbocycles. The first-order valence-corrected chi connectivity index (χ1v) is 7.90. The molecule has 0 bridgehead atoms. The maximum Gasteiger partial charge on any atom is 0.410 e. The number of ether oxygens (including phenoxy) is 1. The molecule has 0 spiro atoms. The monoisotopic (exact) mass is 284 g/mol. The van der Waals surface area contributed by atoms with Crippen LogP contribution in [0.3, 0.4) is 0 Å². The number of nitrogens with one attached hydrogen (secondary N) is 1. The van der Waals surface area contributed by atoms with Gasteiger partial charge in [0.05, 0.1) is 0 Å². The lowest BCUT2D eigenvalue weighted by atomic mass is 9.97. The molecule has 0 aromatic rings. The Labute approximate surface area is 124 Å². The van der Waals surface area contributed by atoms with Crippen molar-refractivity contribution in [2.45, 2.75) is 66.0 Å². The fourth-order valence-electron chi connectivity index (χ4n) is 2.31. The molecule has 2 atom stereocenters. The van der Waals surface area contributed by atoms with Crippen molar-refractivity contribution in [3.63, 3.8) is 0 Å². The molecule has 4 nitrogen and oxygen atoms in total. The maximum absolute atomic E-state index is 12.1. The standard InChI is InChI=1S/C16H32N2O2/c1-12(2)13(3)17-10-14-8-7-9-18(11-14)15(19)20-16(4,5)6/h12-14,17H,7-11H2,1-6H3. The molecule has 2 unspecified atom stereocenters. The van der Waals surface area contributed by atoms with Crippen LogP contribution in [0.2, 0.25) is 0 Å². The van der Waals surface area contributed by atoms with Gasteiger partial charge in [0.2, 0.25) is 0 Å². The summed E-state index contributed by atoms with van der Waals surface area (Å²) in [6, 6.07) is 0.520. The first-order valence-electron chi connectivity index (χ1n) is 7.90. The number of hydrogen-bond donors (Lipinski definition) is 1. The third-order valence-electron chi connectivity index (χ3n) is 3.90. The van der Waals surface area contributed by atoms with E-state index in [0.717, 1.165) is 26.1 Å². The van der Waals surface area contributed by atoms with E-state index in [0.29, 0.717) is 17.9 Å². The van der Waals surface area contributed by atoms with Crippen molar-refractivity contribution in [1.82, 2.24) is 10.2 Å². The minimum Gasteiger partial charge on any atom is -0.444 e. The molecule has 4 heteroatoms. The Bertz CT molecular complexity index is 310. The van der Waals surface area contributed by atoms with Crippen LogP contribution in [0.25, 0.3) is 0 Å². The van der Waals surface area contributed by atoms with E-state index in [4.69, 9.17) is 4.74 Å². The quantitative estimate of drug-likeness (QED) is 0.861. The number of hydrogen-bond acceptors (Lipinski definition) is 3. The van der Waals surface area contributed by atoms with Gasteiger partial charge < -0.3 is 15.0 Å². The molecule has 1 saturated heterocycles. The van der Waals surface area contributed by atoms with Gasteiger partial charge in [-0.3, -0.25) is 0 Å². The van der Waals surface area contributed by atoms with Gasteiger partial charge in [0.25, 0.3) is 0 Å². The number of amides is 1. The van der Waals surface area contributed by atoms with Gasteiger partial charge in [0.15, 0.2) is 0 Å². The normalized spacial score (nSPS) is 21.9. The molecule has 1 N–H and O–H groups in total. The lowest BCUT2D eigenvalue weighted by Gasteiger charge is -2.35. The van der Waals surface area contributed by atoms with Crippen LogP contribution >= 0.6 is 0 Å². The minimum absolute atomic E-state index is 0.167. The lowest BCUT2D eigenvalue weighted by molar-refractivity contribution is 0.0165. The molecule has 1 fully saturated rings. The van der Waals surface area contributed by atoms with Crippen molar-refractivity contribution in [1.29, 1.82) is 0 Å². The van der Waals surface area contributed by atoms with Crippen LogP contribution in [0.15, 0.2) is 0 Å². The van der Waals surface area contributed by atoms with Gasteiger partial charge in [-0.25, -0.2) is 4.79 Å². The van der Waals surface area contributed by atoms with Crippen LogP contribution in [-0.2, 0) is 4.74 Å². The van der Waals surface area contributed by atoms with Crippen LogP contribution in [0, 0.1) is 11.8 Å². The molecule has 1 aliphatic rings. The average Bonchev–Trinajstić information content (AvgIpc) is 2.34. The molecule has 1 heterocycles. The molecular weight excluding hydrogens is 252 g/mol. The van der Waals surface area contributed by atoms with Gasteiger partial charge in [-0.15, -0.1) is 0 Å². The summed E-state index contributed by atoms with van der Waals surface area (Å²) in [5.74, 6) is 1.18. The second-order valence-electron chi connectivity index (χ2n) is 7.38. The van der Waals surface area contributed by atoms with E-state index >= 15 is 0 Å². The molecule has 0 aromatic heterocycles. The zero-order chi connectivity index (χ0) is 15.3. The summed E-state index contributed by atoms with van der Waals surface area (Å²) in [6.45, 7) is 15.0. The van der Waals surface area contributed by atoms with Crippen LogP contribution in [0.4, 0.5) is 4.79 Å². The number of nitrogens with zero attached hydrogens (tertiary/aromatic N) is 1. The molecule has 1 aliphatic heterocycles. The number of rotatable bonds is 4. The Balaban J connectivity index is 2.40. The topological polar surface area (TPSA) is 41.6 Å². The number of carbonyl (C=O) groups excluding carboxylic acids is 1. The number of piperidine rings is 1. The van der Waals surface area contributed by atoms with Gasteiger partial charge in [-0.2, -0.15) is 0 Å². The van der Waals surface area contributed by atoms with Crippen LogP contribution in [-0.4, -0.2) is 42.3 Å². The Morgan fingerprint density at radius 2 is 2.00 bits per heavy atom. The molecule has 20 heavy (non-hydrogen) atoms.